The minimum atomic E-state index is -0.227. The van der Waals surface area contributed by atoms with E-state index in [1.165, 1.54) is 5.56 Å². The molecule has 0 aromatic heterocycles. The van der Waals surface area contributed by atoms with Crippen LogP contribution in [0.4, 0.5) is 5.69 Å². The summed E-state index contributed by atoms with van der Waals surface area (Å²) in [7, 11) is 0. The van der Waals surface area contributed by atoms with Crippen molar-refractivity contribution in [1.29, 1.82) is 0 Å². The molecule has 2 amide bonds. The van der Waals surface area contributed by atoms with Crippen molar-refractivity contribution in [2.75, 3.05) is 31.5 Å². The van der Waals surface area contributed by atoms with Gasteiger partial charge in [-0.1, -0.05) is 43.3 Å². The summed E-state index contributed by atoms with van der Waals surface area (Å²) in [5.74, 6) is 0.154. The Balaban J connectivity index is 1.49. The maximum Gasteiger partial charge on any atom is 0.241 e. The third-order valence-corrected chi connectivity index (χ3v) is 5.83. The monoisotopic (exact) mass is 393 g/mol. The van der Waals surface area contributed by atoms with Crippen LogP contribution in [0.2, 0.25) is 0 Å². The maximum absolute atomic E-state index is 12.7. The number of amides is 2. The van der Waals surface area contributed by atoms with Crippen LogP contribution in [0.25, 0.3) is 0 Å². The summed E-state index contributed by atoms with van der Waals surface area (Å²) in [4.78, 5) is 29.3. The number of nitrogens with one attached hydrogen (secondary N) is 1. The molecule has 1 aliphatic heterocycles. The number of aryl methyl sites for hydroxylation is 2. The first kappa shape index (κ1) is 21.1. The lowest BCUT2D eigenvalue weighted by molar-refractivity contribution is -0.133. The topological polar surface area (TPSA) is 52.7 Å². The Labute approximate surface area is 173 Å². The lowest BCUT2D eigenvalue weighted by atomic mass is 10.0. The van der Waals surface area contributed by atoms with Gasteiger partial charge in [0, 0.05) is 31.9 Å². The minimum absolute atomic E-state index is 0.00562. The Kier molecular flexibility index (Phi) is 7.04. The largest absolute Gasteiger partial charge is 0.340 e. The van der Waals surface area contributed by atoms with E-state index >= 15 is 0 Å². The van der Waals surface area contributed by atoms with Crippen molar-refractivity contribution in [2.24, 2.45) is 0 Å². The minimum Gasteiger partial charge on any atom is -0.340 e. The van der Waals surface area contributed by atoms with Crippen LogP contribution in [0.1, 0.15) is 30.5 Å². The summed E-state index contributed by atoms with van der Waals surface area (Å²) in [5.41, 5.74) is 4.31. The second-order valence-corrected chi connectivity index (χ2v) is 7.74. The number of carbonyl (C=O) groups is 2. The van der Waals surface area contributed by atoms with Crippen LogP contribution in [0.5, 0.6) is 0 Å². The fourth-order valence-electron chi connectivity index (χ4n) is 3.68. The Morgan fingerprint density at radius 2 is 1.66 bits per heavy atom. The molecule has 2 aromatic rings. The fraction of sp³-hybridized carbons (Fsp3) is 0.417. The Bertz CT molecular complexity index is 839. The molecule has 3 rings (SSSR count). The van der Waals surface area contributed by atoms with Crippen LogP contribution in [-0.2, 0) is 22.4 Å². The molecular weight excluding hydrogens is 362 g/mol. The maximum atomic E-state index is 12.7. The van der Waals surface area contributed by atoms with E-state index in [-0.39, 0.29) is 17.9 Å². The van der Waals surface area contributed by atoms with Crippen LogP contribution in [0.15, 0.2) is 48.5 Å². The van der Waals surface area contributed by atoms with E-state index in [1.807, 2.05) is 67.3 Å². The van der Waals surface area contributed by atoms with E-state index in [0.29, 0.717) is 32.6 Å². The van der Waals surface area contributed by atoms with Gasteiger partial charge in [-0.3, -0.25) is 14.5 Å². The molecule has 5 heteroatoms. The molecule has 1 aliphatic rings. The van der Waals surface area contributed by atoms with Crippen LogP contribution in [0, 0.1) is 6.92 Å². The molecule has 0 saturated carbocycles. The highest BCUT2D eigenvalue weighted by Crippen LogP contribution is 2.14. The lowest BCUT2D eigenvalue weighted by Gasteiger charge is -2.37. The number of hydrogen-bond donors (Lipinski definition) is 1. The van der Waals surface area contributed by atoms with Crippen molar-refractivity contribution in [3.63, 3.8) is 0 Å². The van der Waals surface area contributed by atoms with Gasteiger partial charge in [0.2, 0.25) is 11.8 Å². The molecule has 1 N–H and O–H groups in total. The van der Waals surface area contributed by atoms with Gasteiger partial charge >= 0.3 is 0 Å². The molecule has 154 valence electrons. The molecule has 0 aliphatic carbocycles. The van der Waals surface area contributed by atoms with E-state index in [2.05, 4.69) is 17.1 Å². The van der Waals surface area contributed by atoms with Crippen molar-refractivity contribution in [3.8, 4) is 0 Å². The summed E-state index contributed by atoms with van der Waals surface area (Å²) >= 11 is 0. The Hall–Kier alpha value is -2.66. The van der Waals surface area contributed by atoms with Crippen molar-refractivity contribution in [1.82, 2.24) is 9.80 Å². The molecule has 2 aromatic carbocycles. The summed E-state index contributed by atoms with van der Waals surface area (Å²) < 4.78 is 0. The molecule has 0 spiro atoms. The van der Waals surface area contributed by atoms with Crippen LogP contribution < -0.4 is 5.32 Å². The van der Waals surface area contributed by atoms with Gasteiger partial charge in [0.25, 0.3) is 0 Å². The summed E-state index contributed by atoms with van der Waals surface area (Å²) in [6.45, 7) is 8.82. The standard InChI is InChI=1S/C24H31N3O2/c1-4-20-9-11-22(12-10-20)25-24(29)19(3)26-13-15-27(16-14-26)23(28)17-21-8-6-5-7-18(21)2/h5-12,19H,4,13-17H2,1-3H3,(H,25,29). The first-order chi connectivity index (χ1) is 14.0. The highest BCUT2D eigenvalue weighted by atomic mass is 16.2. The molecular formula is C24H31N3O2. The first-order valence-corrected chi connectivity index (χ1v) is 10.4. The van der Waals surface area contributed by atoms with Gasteiger partial charge in [-0.05, 0) is 49.1 Å². The van der Waals surface area contributed by atoms with Gasteiger partial charge < -0.3 is 10.2 Å². The van der Waals surface area contributed by atoms with Crippen LogP contribution >= 0.6 is 0 Å². The van der Waals surface area contributed by atoms with E-state index in [9.17, 15) is 9.59 Å². The van der Waals surface area contributed by atoms with E-state index in [0.717, 1.165) is 23.2 Å². The number of anilines is 1. The smallest absolute Gasteiger partial charge is 0.241 e. The first-order valence-electron chi connectivity index (χ1n) is 10.4. The summed E-state index contributed by atoms with van der Waals surface area (Å²) in [5, 5.41) is 3.00. The Morgan fingerprint density at radius 1 is 1.00 bits per heavy atom. The molecule has 0 bridgehead atoms. The van der Waals surface area contributed by atoms with Crippen molar-refractivity contribution in [3.05, 3.63) is 65.2 Å². The van der Waals surface area contributed by atoms with Gasteiger partial charge in [-0.2, -0.15) is 0 Å². The summed E-state index contributed by atoms with van der Waals surface area (Å²) in [6, 6.07) is 15.8. The van der Waals surface area contributed by atoms with E-state index < -0.39 is 0 Å². The average Bonchev–Trinajstić information content (AvgIpc) is 2.75. The molecule has 29 heavy (non-hydrogen) atoms. The van der Waals surface area contributed by atoms with E-state index in [4.69, 9.17) is 0 Å². The lowest BCUT2D eigenvalue weighted by Crippen LogP contribution is -2.54. The van der Waals surface area contributed by atoms with Gasteiger partial charge in [-0.25, -0.2) is 0 Å². The fourth-order valence-corrected chi connectivity index (χ4v) is 3.68. The number of nitrogens with zero attached hydrogens (tertiary/aromatic N) is 2. The number of rotatable bonds is 6. The van der Waals surface area contributed by atoms with Crippen LogP contribution in [-0.4, -0.2) is 53.8 Å². The Morgan fingerprint density at radius 3 is 2.28 bits per heavy atom. The highest BCUT2D eigenvalue weighted by molar-refractivity contribution is 5.94. The average molecular weight is 394 g/mol. The van der Waals surface area contributed by atoms with Crippen molar-refractivity contribution in [2.45, 2.75) is 39.7 Å². The molecule has 1 unspecified atom stereocenters. The predicted octanol–water partition coefficient (Wildman–Crippen LogP) is 3.27. The molecule has 1 heterocycles. The van der Waals surface area contributed by atoms with Gasteiger partial charge in [0.15, 0.2) is 0 Å². The third kappa shape index (κ3) is 5.45. The summed E-state index contributed by atoms with van der Waals surface area (Å²) in [6.07, 6.45) is 1.42. The predicted molar refractivity (Wildman–Crippen MR) is 117 cm³/mol. The molecule has 1 saturated heterocycles. The molecule has 0 radical (unpaired) electrons. The van der Waals surface area contributed by atoms with Crippen molar-refractivity contribution >= 4 is 17.5 Å². The van der Waals surface area contributed by atoms with Crippen molar-refractivity contribution < 1.29 is 9.59 Å². The zero-order chi connectivity index (χ0) is 20.8. The molecule has 5 nitrogen and oxygen atoms in total. The second-order valence-electron chi connectivity index (χ2n) is 7.74. The quantitative estimate of drug-likeness (QED) is 0.820. The van der Waals surface area contributed by atoms with Gasteiger partial charge in [0.1, 0.15) is 0 Å². The van der Waals surface area contributed by atoms with Gasteiger partial charge in [0.05, 0.1) is 12.5 Å². The molecule has 1 atom stereocenters. The highest BCUT2D eigenvalue weighted by Gasteiger charge is 2.27. The number of hydrogen-bond acceptors (Lipinski definition) is 3. The normalized spacial score (nSPS) is 15.8. The van der Waals surface area contributed by atoms with Gasteiger partial charge in [-0.15, -0.1) is 0 Å². The molecule has 1 fully saturated rings. The van der Waals surface area contributed by atoms with E-state index in [1.54, 1.807) is 0 Å². The number of carbonyl (C=O) groups excluding carboxylic acids is 2. The number of piperazine rings is 1. The SMILES string of the molecule is CCc1ccc(NC(=O)C(C)N2CCN(C(=O)Cc3ccccc3C)CC2)cc1. The number of benzene rings is 2. The van der Waals surface area contributed by atoms with Crippen LogP contribution in [0.3, 0.4) is 0 Å². The zero-order valence-electron chi connectivity index (χ0n) is 17.6. The zero-order valence-corrected chi connectivity index (χ0v) is 17.6. The second kappa shape index (κ2) is 9.70. The third-order valence-electron chi connectivity index (χ3n) is 5.83.